The quantitative estimate of drug-likeness (QED) is 0.298. The second-order valence-electron chi connectivity index (χ2n) is 8.11. The van der Waals surface area contributed by atoms with Gasteiger partial charge in [0.05, 0.1) is 32.9 Å². The average molecular weight is 533 g/mol. The highest BCUT2D eigenvalue weighted by atomic mass is 79.9. The minimum Gasteiger partial charge on any atom is -0.507 e. The Morgan fingerprint density at radius 1 is 1.03 bits per heavy atom. The molecule has 0 aromatic heterocycles. The normalized spacial score (nSPS) is 17.4. The van der Waals surface area contributed by atoms with Crippen LogP contribution in [0.15, 0.2) is 46.4 Å². The van der Waals surface area contributed by atoms with E-state index < -0.39 is 17.7 Å². The number of likely N-dealkylation sites (tertiary alicyclic amines) is 1. The molecule has 1 saturated heterocycles. The minimum absolute atomic E-state index is 0.0199. The van der Waals surface area contributed by atoms with Crippen molar-refractivity contribution in [3.8, 4) is 17.2 Å². The largest absolute Gasteiger partial charge is 0.507 e. The number of aliphatic hydroxyl groups is 1. The van der Waals surface area contributed by atoms with Gasteiger partial charge in [-0.1, -0.05) is 28.1 Å². The topological polar surface area (TPSA) is 88.5 Å². The third-order valence-electron chi connectivity index (χ3n) is 5.66. The molecule has 0 saturated carbocycles. The zero-order valence-corrected chi connectivity index (χ0v) is 21.5. The Morgan fingerprint density at radius 2 is 1.62 bits per heavy atom. The van der Waals surface area contributed by atoms with Gasteiger partial charge in [0.2, 0.25) is 5.75 Å². The number of carbonyl (C=O) groups is 2. The molecule has 1 fully saturated rings. The van der Waals surface area contributed by atoms with Gasteiger partial charge >= 0.3 is 0 Å². The molecule has 1 atom stereocenters. The van der Waals surface area contributed by atoms with Crippen molar-refractivity contribution in [2.24, 2.45) is 0 Å². The summed E-state index contributed by atoms with van der Waals surface area (Å²) in [5.74, 6) is -0.454. The summed E-state index contributed by atoms with van der Waals surface area (Å²) in [7, 11) is 8.38. The van der Waals surface area contributed by atoms with Gasteiger partial charge in [0, 0.05) is 16.6 Å². The van der Waals surface area contributed by atoms with E-state index in [-0.39, 0.29) is 11.3 Å². The maximum atomic E-state index is 13.2. The second-order valence-corrected chi connectivity index (χ2v) is 9.03. The van der Waals surface area contributed by atoms with E-state index in [4.69, 9.17) is 14.2 Å². The molecule has 0 bridgehead atoms. The molecule has 0 radical (unpaired) electrons. The van der Waals surface area contributed by atoms with Gasteiger partial charge in [-0.3, -0.25) is 9.59 Å². The SMILES string of the molecule is COc1cc(C2/C(=C(/O)c3ccc(Br)cc3)C(=O)C(=O)N2CCCN(C)C)cc(OC)c1OC. The zero-order chi connectivity index (χ0) is 25.0. The van der Waals surface area contributed by atoms with Gasteiger partial charge in [0.25, 0.3) is 11.7 Å². The molecule has 2 aromatic carbocycles. The van der Waals surface area contributed by atoms with Crippen molar-refractivity contribution < 1.29 is 28.9 Å². The molecule has 1 N–H and O–H groups in total. The number of Topliss-reactive ketones (excluding diaryl/α,β-unsaturated/α-hetero) is 1. The third-order valence-corrected chi connectivity index (χ3v) is 6.19. The van der Waals surface area contributed by atoms with Crippen LogP contribution < -0.4 is 14.2 Å². The fraction of sp³-hybridized carbons (Fsp3) is 0.360. The van der Waals surface area contributed by atoms with Gasteiger partial charge in [-0.05, 0) is 56.9 Å². The van der Waals surface area contributed by atoms with Crippen LogP contribution in [0.25, 0.3) is 5.76 Å². The highest BCUT2D eigenvalue weighted by molar-refractivity contribution is 9.10. The number of hydrogen-bond donors (Lipinski definition) is 1. The average Bonchev–Trinajstić information content (AvgIpc) is 3.07. The van der Waals surface area contributed by atoms with Gasteiger partial charge < -0.3 is 29.1 Å². The molecule has 182 valence electrons. The van der Waals surface area contributed by atoms with Gasteiger partial charge in [0.1, 0.15) is 5.76 Å². The number of nitrogens with zero attached hydrogens (tertiary/aromatic N) is 2. The number of methoxy groups -OCH3 is 3. The van der Waals surface area contributed by atoms with Crippen LogP contribution in [-0.2, 0) is 9.59 Å². The van der Waals surface area contributed by atoms with Gasteiger partial charge in [-0.25, -0.2) is 0 Å². The Kier molecular flexibility index (Phi) is 8.22. The summed E-state index contributed by atoms with van der Waals surface area (Å²) in [5, 5.41) is 11.2. The Bertz CT molecular complexity index is 1070. The second kappa shape index (κ2) is 10.9. The van der Waals surface area contributed by atoms with Gasteiger partial charge in [0.15, 0.2) is 11.5 Å². The van der Waals surface area contributed by atoms with Crippen LogP contribution in [0.3, 0.4) is 0 Å². The summed E-state index contributed by atoms with van der Waals surface area (Å²) in [6.45, 7) is 1.07. The van der Waals surface area contributed by atoms with Crippen molar-refractivity contribution in [1.82, 2.24) is 9.80 Å². The number of ketones is 1. The van der Waals surface area contributed by atoms with Gasteiger partial charge in [-0.2, -0.15) is 0 Å². The molecule has 0 spiro atoms. The van der Waals surface area contributed by atoms with E-state index in [1.54, 1.807) is 36.4 Å². The van der Waals surface area contributed by atoms with Crippen molar-refractivity contribution in [1.29, 1.82) is 0 Å². The van der Waals surface area contributed by atoms with E-state index in [0.29, 0.717) is 41.3 Å². The van der Waals surface area contributed by atoms with Crippen LogP contribution in [0.5, 0.6) is 17.2 Å². The molecular weight excluding hydrogens is 504 g/mol. The van der Waals surface area contributed by atoms with Crippen molar-refractivity contribution in [2.75, 3.05) is 48.5 Å². The van der Waals surface area contributed by atoms with E-state index in [2.05, 4.69) is 15.9 Å². The first kappa shape index (κ1) is 25.6. The van der Waals surface area contributed by atoms with Crippen molar-refractivity contribution in [3.63, 3.8) is 0 Å². The fourth-order valence-corrected chi connectivity index (χ4v) is 4.30. The number of carbonyl (C=O) groups excluding carboxylic acids is 2. The predicted octanol–water partition coefficient (Wildman–Crippen LogP) is 3.85. The summed E-state index contributed by atoms with van der Waals surface area (Å²) >= 11 is 3.37. The lowest BCUT2D eigenvalue weighted by Gasteiger charge is -2.27. The fourth-order valence-electron chi connectivity index (χ4n) is 4.04. The first-order valence-electron chi connectivity index (χ1n) is 10.7. The van der Waals surface area contributed by atoms with E-state index in [0.717, 1.165) is 11.0 Å². The first-order valence-corrected chi connectivity index (χ1v) is 11.5. The number of rotatable bonds is 9. The maximum Gasteiger partial charge on any atom is 0.295 e. The number of halogens is 1. The molecule has 34 heavy (non-hydrogen) atoms. The number of aliphatic hydroxyl groups excluding tert-OH is 1. The van der Waals surface area contributed by atoms with Crippen molar-refractivity contribution in [2.45, 2.75) is 12.5 Å². The number of benzene rings is 2. The van der Waals surface area contributed by atoms with Crippen LogP contribution in [0.1, 0.15) is 23.6 Å². The smallest absolute Gasteiger partial charge is 0.295 e. The van der Waals surface area contributed by atoms with Crippen LogP contribution in [-0.4, -0.2) is 75.1 Å². The molecule has 8 nitrogen and oxygen atoms in total. The molecule has 1 aliphatic heterocycles. The Labute approximate surface area is 207 Å². The van der Waals surface area contributed by atoms with E-state index in [9.17, 15) is 14.7 Å². The first-order chi connectivity index (χ1) is 16.2. The predicted molar refractivity (Wildman–Crippen MR) is 132 cm³/mol. The summed E-state index contributed by atoms with van der Waals surface area (Å²) in [6, 6.07) is 9.47. The Hall–Kier alpha value is -3.04. The molecular formula is C25H29BrN2O6. The monoisotopic (exact) mass is 532 g/mol. The molecule has 0 aliphatic carbocycles. The molecule has 1 unspecified atom stereocenters. The molecule has 3 rings (SSSR count). The van der Waals surface area contributed by atoms with Crippen LogP contribution in [0, 0.1) is 0 Å². The Balaban J connectivity index is 2.21. The van der Waals surface area contributed by atoms with Gasteiger partial charge in [-0.15, -0.1) is 0 Å². The van der Waals surface area contributed by atoms with E-state index in [1.807, 2.05) is 19.0 Å². The van der Waals surface area contributed by atoms with Crippen molar-refractivity contribution in [3.05, 3.63) is 57.6 Å². The molecule has 9 heteroatoms. The third kappa shape index (κ3) is 5.05. The lowest BCUT2D eigenvalue weighted by Crippen LogP contribution is -2.32. The highest BCUT2D eigenvalue weighted by Crippen LogP contribution is 2.45. The summed E-state index contributed by atoms with van der Waals surface area (Å²) in [6.07, 6.45) is 0.652. The highest BCUT2D eigenvalue weighted by Gasteiger charge is 2.46. The maximum absolute atomic E-state index is 13.2. The lowest BCUT2D eigenvalue weighted by atomic mass is 9.94. The number of ether oxygens (including phenoxy) is 3. The van der Waals surface area contributed by atoms with Crippen molar-refractivity contribution >= 4 is 33.4 Å². The number of amides is 1. The summed E-state index contributed by atoms with van der Waals surface area (Å²) < 4.78 is 17.2. The van der Waals surface area contributed by atoms with Crippen LogP contribution in [0.2, 0.25) is 0 Å². The molecule has 2 aromatic rings. The molecule has 1 aliphatic rings. The summed E-state index contributed by atoms with van der Waals surface area (Å²) in [5.41, 5.74) is 1.02. The lowest BCUT2D eigenvalue weighted by molar-refractivity contribution is -0.139. The molecule has 1 heterocycles. The zero-order valence-electron chi connectivity index (χ0n) is 19.9. The molecule has 1 amide bonds. The van der Waals surface area contributed by atoms with Crippen LogP contribution in [0.4, 0.5) is 0 Å². The number of hydrogen-bond acceptors (Lipinski definition) is 7. The van der Waals surface area contributed by atoms with Crippen LogP contribution >= 0.6 is 15.9 Å². The van der Waals surface area contributed by atoms with E-state index >= 15 is 0 Å². The minimum atomic E-state index is -0.820. The van der Waals surface area contributed by atoms with E-state index in [1.165, 1.54) is 26.2 Å². The standard InChI is InChI=1S/C25H29BrN2O6/c1-27(2)11-6-12-28-21(16-13-18(32-3)24(34-5)19(14-16)33-4)20(23(30)25(28)31)22(29)15-7-9-17(26)10-8-15/h7-10,13-14,21,29H,6,11-12H2,1-5H3/b22-20-. The Morgan fingerprint density at radius 3 is 2.12 bits per heavy atom. The summed E-state index contributed by atoms with van der Waals surface area (Å²) in [4.78, 5) is 29.8.